The third-order valence-electron chi connectivity index (χ3n) is 3.95. The first-order valence-electron chi connectivity index (χ1n) is 7.42. The van der Waals surface area contributed by atoms with E-state index in [0.29, 0.717) is 17.1 Å². The molecule has 6 heteroatoms. The van der Waals surface area contributed by atoms with Gasteiger partial charge in [0.25, 0.3) is 0 Å². The quantitative estimate of drug-likeness (QED) is 0.753. The summed E-state index contributed by atoms with van der Waals surface area (Å²) in [5.41, 5.74) is 0.538. The van der Waals surface area contributed by atoms with Crippen LogP contribution in [0.3, 0.4) is 0 Å². The molecular formula is C18H16Cl2F2N2. The van der Waals surface area contributed by atoms with Crippen molar-refractivity contribution in [3.63, 3.8) is 0 Å². The first-order valence-corrected chi connectivity index (χ1v) is 8.17. The van der Waals surface area contributed by atoms with Gasteiger partial charge in [0.05, 0.1) is 17.0 Å². The predicted molar refractivity (Wildman–Crippen MR) is 92.1 cm³/mol. The van der Waals surface area contributed by atoms with Crippen LogP contribution in [0.15, 0.2) is 42.5 Å². The maximum atomic E-state index is 13.8. The number of benzene rings is 2. The van der Waals surface area contributed by atoms with Crippen LogP contribution in [-0.4, -0.2) is 12.6 Å². The maximum Gasteiger partial charge on any atom is 0.145 e. The molecule has 0 aromatic heterocycles. The Labute approximate surface area is 150 Å². The van der Waals surface area contributed by atoms with E-state index in [1.807, 2.05) is 6.92 Å². The normalized spacial score (nSPS) is 22.4. The fourth-order valence-electron chi connectivity index (χ4n) is 2.69. The highest BCUT2D eigenvalue weighted by Crippen LogP contribution is 2.34. The van der Waals surface area contributed by atoms with Gasteiger partial charge in [0, 0.05) is 23.5 Å². The maximum absolute atomic E-state index is 13.8. The Hall–Kier alpha value is -1.67. The number of nitriles is 1. The van der Waals surface area contributed by atoms with E-state index in [9.17, 15) is 8.78 Å². The van der Waals surface area contributed by atoms with Gasteiger partial charge in [0.15, 0.2) is 0 Å². The molecule has 126 valence electrons. The van der Waals surface area contributed by atoms with E-state index in [1.165, 1.54) is 18.2 Å². The van der Waals surface area contributed by atoms with Crippen LogP contribution in [0.25, 0.3) is 0 Å². The molecule has 2 aromatic rings. The molecule has 1 N–H and O–H groups in total. The van der Waals surface area contributed by atoms with E-state index < -0.39 is 5.82 Å². The number of hydrogen-bond donors (Lipinski definition) is 1. The average molecular weight is 369 g/mol. The molecule has 0 spiro atoms. The number of nitrogens with zero attached hydrogens (tertiary/aromatic N) is 1. The van der Waals surface area contributed by atoms with E-state index in [0.717, 1.165) is 0 Å². The second-order valence-corrected chi connectivity index (χ2v) is 6.38. The number of halogens is 4. The molecule has 0 radical (unpaired) electrons. The molecule has 1 aliphatic heterocycles. The summed E-state index contributed by atoms with van der Waals surface area (Å²) >= 11 is 11.1. The zero-order chi connectivity index (χ0) is 17.7. The summed E-state index contributed by atoms with van der Waals surface area (Å²) < 4.78 is 25.9. The van der Waals surface area contributed by atoms with Crippen molar-refractivity contribution in [2.45, 2.75) is 18.9 Å². The summed E-state index contributed by atoms with van der Waals surface area (Å²) in [4.78, 5) is 0. The largest absolute Gasteiger partial charge is 0.312 e. The summed E-state index contributed by atoms with van der Waals surface area (Å²) in [6.45, 7) is 2.56. The molecule has 2 nitrogen and oxygen atoms in total. The van der Waals surface area contributed by atoms with E-state index in [4.69, 9.17) is 28.5 Å². The second-order valence-electron chi connectivity index (χ2n) is 5.54. The van der Waals surface area contributed by atoms with Crippen LogP contribution in [0.5, 0.6) is 0 Å². The van der Waals surface area contributed by atoms with Gasteiger partial charge in [0.1, 0.15) is 11.6 Å². The van der Waals surface area contributed by atoms with Crippen molar-refractivity contribution >= 4 is 23.2 Å². The van der Waals surface area contributed by atoms with Crippen molar-refractivity contribution in [2.24, 2.45) is 5.92 Å². The Morgan fingerprint density at radius 3 is 2.46 bits per heavy atom. The molecule has 0 bridgehead atoms. The molecule has 3 unspecified atom stereocenters. The van der Waals surface area contributed by atoms with Crippen LogP contribution >= 0.6 is 23.2 Å². The Kier molecular flexibility index (Phi) is 6.56. The van der Waals surface area contributed by atoms with Crippen LogP contribution in [0, 0.1) is 28.9 Å². The van der Waals surface area contributed by atoms with Crippen LogP contribution in [-0.2, 0) is 0 Å². The molecule has 1 heterocycles. The fraction of sp³-hybridized carbons (Fsp3) is 0.278. The fourth-order valence-corrected chi connectivity index (χ4v) is 3.05. The van der Waals surface area contributed by atoms with E-state index in [2.05, 4.69) is 11.4 Å². The summed E-state index contributed by atoms with van der Waals surface area (Å²) in [6, 6.07) is 13.1. The SMILES string of the molecule is CC1NCC(c2cccc(Cl)c2F)C1C#N.Fc1cccc(Cl)c1. The third-order valence-corrected chi connectivity index (χ3v) is 4.48. The van der Waals surface area contributed by atoms with Crippen molar-refractivity contribution < 1.29 is 8.78 Å². The molecule has 1 fully saturated rings. The summed E-state index contributed by atoms with van der Waals surface area (Å²) in [6.07, 6.45) is 0. The summed E-state index contributed by atoms with van der Waals surface area (Å²) in [7, 11) is 0. The topological polar surface area (TPSA) is 35.8 Å². The molecule has 2 aromatic carbocycles. The first-order chi connectivity index (χ1) is 11.4. The predicted octanol–water partition coefficient (Wildman–Crippen LogP) is 5.17. The van der Waals surface area contributed by atoms with Crippen LogP contribution < -0.4 is 5.32 Å². The molecule has 3 rings (SSSR count). The Morgan fingerprint density at radius 1 is 1.17 bits per heavy atom. The van der Waals surface area contributed by atoms with Gasteiger partial charge in [0.2, 0.25) is 0 Å². The Bertz CT molecular complexity index is 729. The van der Waals surface area contributed by atoms with Gasteiger partial charge < -0.3 is 5.32 Å². The third kappa shape index (κ3) is 4.45. The van der Waals surface area contributed by atoms with E-state index in [1.54, 1.807) is 24.3 Å². The molecule has 24 heavy (non-hydrogen) atoms. The number of nitrogens with one attached hydrogen (secondary N) is 1. The van der Waals surface area contributed by atoms with Gasteiger partial charge in [-0.15, -0.1) is 0 Å². The van der Waals surface area contributed by atoms with E-state index >= 15 is 0 Å². The highest BCUT2D eigenvalue weighted by molar-refractivity contribution is 6.31. The molecule has 1 saturated heterocycles. The molecule has 0 saturated carbocycles. The monoisotopic (exact) mass is 368 g/mol. The van der Waals surface area contributed by atoms with Gasteiger partial charge in [-0.3, -0.25) is 0 Å². The zero-order valence-corrected chi connectivity index (χ0v) is 14.5. The highest BCUT2D eigenvalue weighted by atomic mass is 35.5. The Balaban J connectivity index is 0.000000219. The minimum atomic E-state index is -0.398. The molecule has 0 aliphatic carbocycles. The minimum Gasteiger partial charge on any atom is -0.312 e. The Morgan fingerprint density at radius 2 is 1.88 bits per heavy atom. The lowest BCUT2D eigenvalue weighted by atomic mass is 9.86. The van der Waals surface area contributed by atoms with Crippen molar-refractivity contribution in [2.75, 3.05) is 6.54 Å². The lowest BCUT2D eigenvalue weighted by Crippen LogP contribution is -2.22. The first kappa shape index (κ1) is 18.7. The molecule has 1 aliphatic rings. The van der Waals surface area contributed by atoms with Gasteiger partial charge in [-0.2, -0.15) is 5.26 Å². The lowest BCUT2D eigenvalue weighted by Gasteiger charge is -2.15. The van der Waals surface area contributed by atoms with Gasteiger partial charge in [-0.25, -0.2) is 8.78 Å². The molecule has 0 amide bonds. The highest BCUT2D eigenvalue weighted by Gasteiger charge is 2.35. The number of hydrogen-bond acceptors (Lipinski definition) is 2. The number of rotatable bonds is 1. The van der Waals surface area contributed by atoms with Crippen molar-refractivity contribution in [3.05, 3.63) is 69.7 Å². The average Bonchev–Trinajstić information content (AvgIpc) is 2.91. The van der Waals surface area contributed by atoms with Crippen LogP contribution in [0.2, 0.25) is 10.0 Å². The summed E-state index contributed by atoms with van der Waals surface area (Å²) in [5, 5.41) is 12.8. The van der Waals surface area contributed by atoms with Crippen molar-refractivity contribution in [3.8, 4) is 6.07 Å². The minimum absolute atomic E-state index is 0.0911. The van der Waals surface area contributed by atoms with Crippen molar-refractivity contribution in [1.29, 1.82) is 5.26 Å². The lowest BCUT2D eigenvalue weighted by molar-refractivity contribution is 0.523. The molecular weight excluding hydrogens is 353 g/mol. The smallest absolute Gasteiger partial charge is 0.145 e. The van der Waals surface area contributed by atoms with Crippen LogP contribution in [0.4, 0.5) is 8.78 Å². The van der Waals surface area contributed by atoms with Gasteiger partial charge in [-0.05, 0) is 36.8 Å². The van der Waals surface area contributed by atoms with Gasteiger partial charge >= 0.3 is 0 Å². The van der Waals surface area contributed by atoms with Crippen LogP contribution in [0.1, 0.15) is 18.4 Å². The summed E-state index contributed by atoms with van der Waals surface area (Å²) in [5.74, 6) is -1.01. The second kappa shape index (κ2) is 8.43. The molecule has 3 atom stereocenters. The standard InChI is InChI=1S/C12H12ClFN2.C6H4ClF/c1-7-9(5-15)10(6-16-7)8-3-2-4-11(13)12(8)14;7-5-2-1-3-6(8)4-5/h2-4,7,9-10,16H,6H2,1H3;1-4H. The zero-order valence-electron chi connectivity index (χ0n) is 12.9. The van der Waals surface area contributed by atoms with Gasteiger partial charge in [-0.1, -0.05) is 41.4 Å². The van der Waals surface area contributed by atoms with Crippen molar-refractivity contribution in [1.82, 2.24) is 5.32 Å². The van der Waals surface area contributed by atoms with E-state index in [-0.39, 0.29) is 28.7 Å².